The monoisotopic (exact) mass is 352 g/mol. The van der Waals surface area contributed by atoms with E-state index < -0.39 is 17.5 Å². The van der Waals surface area contributed by atoms with Crippen LogP contribution in [0.15, 0.2) is 12.1 Å². The van der Waals surface area contributed by atoms with Crippen molar-refractivity contribution in [2.75, 3.05) is 31.6 Å². The van der Waals surface area contributed by atoms with E-state index in [9.17, 15) is 14.0 Å². The molecule has 1 aliphatic rings. The van der Waals surface area contributed by atoms with Gasteiger partial charge in [-0.1, -0.05) is 0 Å². The molecule has 1 aliphatic heterocycles. The zero-order chi connectivity index (χ0) is 18.8. The molecule has 1 fully saturated rings. The summed E-state index contributed by atoms with van der Waals surface area (Å²) in [5.41, 5.74) is -0.202. The summed E-state index contributed by atoms with van der Waals surface area (Å²) in [6.45, 7) is 8.69. The summed E-state index contributed by atoms with van der Waals surface area (Å²) in [4.78, 5) is 31.0. The lowest BCUT2D eigenvalue weighted by Crippen LogP contribution is -2.55. The molecule has 2 heterocycles. The zero-order valence-electron chi connectivity index (χ0n) is 15.3. The van der Waals surface area contributed by atoms with Gasteiger partial charge in [-0.2, -0.15) is 4.39 Å². The average molecular weight is 352 g/mol. The molecule has 2 rings (SSSR count). The van der Waals surface area contributed by atoms with Gasteiger partial charge in [-0.15, -0.1) is 0 Å². The number of nitrogens with one attached hydrogen (secondary N) is 1. The van der Waals surface area contributed by atoms with Crippen molar-refractivity contribution in [1.29, 1.82) is 0 Å². The molecule has 2 amide bonds. The summed E-state index contributed by atoms with van der Waals surface area (Å²) < 4.78 is 19.7. The zero-order valence-corrected chi connectivity index (χ0v) is 15.3. The Hall–Kier alpha value is -2.38. The van der Waals surface area contributed by atoms with E-state index >= 15 is 0 Å². The summed E-state index contributed by atoms with van der Waals surface area (Å²) in [6.07, 6.45) is -0.367. The van der Waals surface area contributed by atoms with Crippen molar-refractivity contribution in [2.45, 2.75) is 39.3 Å². The Morgan fingerprint density at radius 1 is 1.32 bits per heavy atom. The number of anilines is 1. The number of carbonyl (C=O) groups excluding carboxylic acids is 2. The van der Waals surface area contributed by atoms with Crippen LogP contribution < -0.4 is 10.2 Å². The molecule has 1 atom stereocenters. The molecule has 0 aromatic carbocycles. The van der Waals surface area contributed by atoms with Gasteiger partial charge in [-0.25, -0.2) is 9.78 Å². The SMILES string of the molecule is CNC(=O)c1ccc(N2CCN(C(=O)OC(C)(C)C)[C@H](C)C2)c(F)n1. The van der Waals surface area contributed by atoms with E-state index in [2.05, 4.69) is 10.3 Å². The van der Waals surface area contributed by atoms with Gasteiger partial charge in [0.15, 0.2) is 0 Å². The van der Waals surface area contributed by atoms with E-state index in [0.29, 0.717) is 25.3 Å². The molecule has 1 N–H and O–H groups in total. The molecule has 1 aromatic rings. The number of pyridine rings is 1. The number of carbonyl (C=O) groups is 2. The van der Waals surface area contributed by atoms with Gasteiger partial charge in [0.05, 0.1) is 5.69 Å². The first-order valence-corrected chi connectivity index (χ1v) is 8.25. The summed E-state index contributed by atoms with van der Waals surface area (Å²) in [7, 11) is 1.47. The predicted octanol–water partition coefficient (Wildman–Crippen LogP) is 2.03. The highest BCUT2D eigenvalue weighted by Crippen LogP contribution is 2.23. The lowest BCUT2D eigenvalue weighted by molar-refractivity contribution is 0.0158. The second kappa shape index (κ2) is 7.25. The topological polar surface area (TPSA) is 74.8 Å². The summed E-state index contributed by atoms with van der Waals surface area (Å²) in [5.74, 6) is -1.13. The van der Waals surface area contributed by atoms with E-state index in [1.54, 1.807) is 11.0 Å². The molecule has 8 heteroatoms. The number of ether oxygens (including phenoxy) is 1. The minimum Gasteiger partial charge on any atom is -0.444 e. The van der Waals surface area contributed by atoms with E-state index in [1.807, 2.05) is 32.6 Å². The van der Waals surface area contributed by atoms with Gasteiger partial charge in [0.25, 0.3) is 5.91 Å². The smallest absolute Gasteiger partial charge is 0.410 e. The molecule has 0 radical (unpaired) electrons. The second-order valence-electron chi connectivity index (χ2n) is 7.05. The summed E-state index contributed by atoms with van der Waals surface area (Å²) >= 11 is 0. The highest BCUT2D eigenvalue weighted by Gasteiger charge is 2.32. The Labute approximate surface area is 147 Å². The molecule has 25 heavy (non-hydrogen) atoms. The number of amides is 2. The lowest BCUT2D eigenvalue weighted by Gasteiger charge is -2.41. The fraction of sp³-hybridized carbons (Fsp3) is 0.588. The maximum Gasteiger partial charge on any atom is 0.410 e. The number of aromatic nitrogens is 1. The number of rotatable bonds is 2. The Morgan fingerprint density at radius 2 is 2.00 bits per heavy atom. The molecule has 0 aliphatic carbocycles. The molecule has 0 saturated carbocycles. The Bertz CT molecular complexity index is 660. The van der Waals surface area contributed by atoms with Crippen LogP contribution >= 0.6 is 0 Å². The normalized spacial score (nSPS) is 18.1. The van der Waals surface area contributed by atoms with Gasteiger partial charge in [0.1, 0.15) is 11.3 Å². The minimum absolute atomic E-state index is 0.0317. The first-order valence-electron chi connectivity index (χ1n) is 8.25. The van der Waals surface area contributed by atoms with Gasteiger partial charge in [-0.3, -0.25) is 4.79 Å². The highest BCUT2D eigenvalue weighted by atomic mass is 19.1. The Kier molecular flexibility index (Phi) is 5.49. The number of piperazine rings is 1. The van der Waals surface area contributed by atoms with Crippen molar-refractivity contribution in [2.24, 2.45) is 0 Å². The fourth-order valence-electron chi connectivity index (χ4n) is 2.69. The lowest BCUT2D eigenvalue weighted by atomic mass is 10.1. The van der Waals surface area contributed by atoms with Crippen molar-refractivity contribution < 1.29 is 18.7 Å². The van der Waals surface area contributed by atoms with Crippen LogP contribution in [-0.2, 0) is 4.74 Å². The van der Waals surface area contributed by atoms with Crippen LogP contribution in [-0.4, -0.2) is 60.2 Å². The highest BCUT2D eigenvalue weighted by molar-refractivity contribution is 5.92. The Morgan fingerprint density at radius 3 is 2.52 bits per heavy atom. The van der Waals surface area contributed by atoms with E-state index in [4.69, 9.17) is 4.74 Å². The molecule has 0 bridgehead atoms. The first-order chi connectivity index (χ1) is 11.6. The molecular formula is C17H25FN4O3. The number of hydrogen-bond donors (Lipinski definition) is 1. The summed E-state index contributed by atoms with van der Waals surface area (Å²) in [5, 5.41) is 2.41. The van der Waals surface area contributed by atoms with Gasteiger partial charge in [0, 0.05) is 32.7 Å². The first kappa shape index (κ1) is 19.0. The molecule has 1 saturated heterocycles. The van der Waals surface area contributed by atoms with Crippen molar-refractivity contribution in [3.05, 3.63) is 23.8 Å². The Balaban J connectivity index is 2.08. The third-order valence-electron chi connectivity index (χ3n) is 3.88. The van der Waals surface area contributed by atoms with Crippen molar-refractivity contribution in [3.63, 3.8) is 0 Å². The fourth-order valence-corrected chi connectivity index (χ4v) is 2.69. The van der Waals surface area contributed by atoms with Gasteiger partial charge in [-0.05, 0) is 39.8 Å². The standard InChI is InChI=1S/C17H25FN4O3/c1-11-10-21(8-9-22(11)16(24)25-17(2,3)4)13-7-6-12(15(23)19-5)20-14(13)18/h6-7,11H,8-10H2,1-5H3,(H,19,23)/t11-/m1/s1. The van der Waals surface area contributed by atoms with Crippen LogP contribution in [0.5, 0.6) is 0 Å². The molecule has 1 aromatic heterocycles. The maximum atomic E-state index is 14.3. The minimum atomic E-state index is -0.695. The predicted molar refractivity (Wildman–Crippen MR) is 92.2 cm³/mol. The van der Waals surface area contributed by atoms with Gasteiger partial charge in [0.2, 0.25) is 5.95 Å². The van der Waals surface area contributed by atoms with Crippen molar-refractivity contribution >= 4 is 17.7 Å². The van der Waals surface area contributed by atoms with E-state index in [0.717, 1.165) is 0 Å². The third kappa shape index (κ3) is 4.58. The van der Waals surface area contributed by atoms with Crippen LogP contribution in [0.2, 0.25) is 0 Å². The largest absolute Gasteiger partial charge is 0.444 e. The summed E-state index contributed by atoms with van der Waals surface area (Å²) in [6, 6.07) is 2.90. The third-order valence-corrected chi connectivity index (χ3v) is 3.88. The van der Waals surface area contributed by atoms with Crippen LogP contribution in [0.3, 0.4) is 0 Å². The molecular weight excluding hydrogens is 327 g/mol. The van der Waals surface area contributed by atoms with Crippen LogP contribution in [0.25, 0.3) is 0 Å². The van der Waals surface area contributed by atoms with Gasteiger partial charge < -0.3 is 19.9 Å². The molecule has 0 spiro atoms. The van der Waals surface area contributed by atoms with Crippen LogP contribution in [0.1, 0.15) is 38.2 Å². The van der Waals surface area contributed by atoms with Crippen LogP contribution in [0, 0.1) is 5.95 Å². The van der Waals surface area contributed by atoms with E-state index in [-0.39, 0.29) is 17.8 Å². The number of nitrogens with zero attached hydrogens (tertiary/aromatic N) is 3. The van der Waals surface area contributed by atoms with Crippen molar-refractivity contribution in [3.8, 4) is 0 Å². The van der Waals surface area contributed by atoms with Crippen molar-refractivity contribution in [1.82, 2.24) is 15.2 Å². The van der Waals surface area contributed by atoms with Gasteiger partial charge >= 0.3 is 6.09 Å². The number of hydrogen-bond acceptors (Lipinski definition) is 5. The second-order valence-corrected chi connectivity index (χ2v) is 7.05. The molecule has 7 nitrogen and oxygen atoms in total. The number of halogens is 1. The molecule has 138 valence electrons. The molecule has 0 unspecified atom stereocenters. The van der Waals surface area contributed by atoms with Crippen LogP contribution in [0.4, 0.5) is 14.9 Å². The average Bonchev–Trinajstić information content (AvgIpc) is 2.52. The van der Waals surface area contributed by atoms with E-state index in [1.165, 1.54) is 13.1 Å². The maximum absolute atomic E-state index is 14.3. The quantitative estimate of drug-likeness (QED) is 0.825.